The molecular formula is C17H18ClNO2. The lowest BCUT2D eigenvalue weighted by Crippen LogP contribution is -2.30. The van der Waals surface area contributed by atoms with Gasteiger partial charge in [0.2, 0.25) is 0 Å². The van der Waals surface area contributed by atoms with Crippen LogP contribution < -0.4 is 10.1 Å². The van der Waals surface area contributed by atoms with Gasteiger partial charge in [0.25, 0.3) is 5.91 Å². The van der Waals surface area contributed by atoms with Gasteiger partial charge in [0, 0.05) is 10.7 Å². The van der Waals surface area contributed by atoms with Gasteiger partial charge in [-0.15, -0.1) is 0 Å². The lowest BCUT2D eigenvalue weighted by atomic mass is 10.1. The molecule has 0 saturated heterocycles. The number of ether oxygens (including phenoxy) is 1. The van der Waals surface area contributed by atoms with Gasteiger partial charge in [-0.25, -0.2) is 0 Å². The number of carbonyl (C=O) groups excluding carboxylic acids is 1. The van der Waals surface area contributed by atoms with Gasteiger partial charge in [0.05, 0.1) is 0 Å². The highest BCUT2D eigenvalue weighted by Crippen LogP contribution is 2.18. The highest BCUT2D eigenvalue weighted by atomic mass is 35.5. The number of nitrogens with one attached hydrogen (secondary N) is 1. The third-order valence-electron chi connectivity index (χ3n) is 3.27. The Morgan fingerprint density at radius 3 is 2.38 bits per heavy atom. The van der Waals surface area contributed by atoms with E-state index in [1.54, 1.807) is 31.2 Å². The third-order valence-corrected chi connectivity index (χ3v) is 3.52. The largest absolute Gasteiger partial charge is 0.481 e. The Balaban J connectivity index is 1.98. The van der Waals surface area contributed by atoms with Crippen LogP contribution in [0.3, 0.4) is 0 Å². The number of rotatable bonds is 4. The number of aryl methyl sites for hydroxylation is 2. The molecule has 2 aromatic carbocycles. The molecule has 0 saturated carbocycles. The summed E-state index contributed by atoms with van der Waals surface area (Å²) in [5.74, 6) is 0.493. The number of anilines is 1. The number of hydrogen-bond acceptors (Lipinski definition) is 2. The van der Waals surface area contributed by atoms with Crippen LogP contribution in [-0.4, -0.2) is 12.0 Å². The number of halogens is 1. The fraction of sp³-hybridized carbons (Fsp3) is 0.235. The summed E-state index contributed by atoms with van der Waals surface area (Å²) in [7, 11) is 0. The van der Waals surface area contributed by atoms with Gasteiger partial charge in [-0.05, 0) is 68.3 Å². The molecule has 3 nitrogen and oxygen atoms in total. The minimum atomic E-state index is -0.581. The SMILES string of the molecule is Cc1ccc(O[C@@H](C)C(=O)Nc2ccc(Cl)cc2)cc1C. The topological polar surface area (TPSA) is 38.3 Å². The summed E-state index contributed by atoms with van der Waals surface area (Å²) >= 11 is 5.81. The molecule has 0 unspecified atom stereocenters. The summed E-state index contributed by atoms with van der Waals surface area (Å²) in [6.07, 6.45) is -0.581. The maximum absolute atomic E-state index is 12.1. The van der Waals surface area contributed by atoms with Crippen LogP contribution in [-0.2, 0) is 4.79 Å². The van der Waals surface area contributed by atoms with Crippen LogP contribution >= 0.6 is 11.6 Å². The first-order valence-corrected chi connectivity index (χ1v) is 7.14. The van der Waals surface area contributed by atoms with Crippen molar-refractivity contribution < 1.29 is 9.53 Å². The number of carbonyl (C=O) groups is 1. The van der Waals surface area contributed by atoms with Crippen molar-refractivity contribution in [3.63, 3.8) is 0 Å². The normalized spacial score (nSPS) is 11.8. The predicted octanol–water partition coefficient (Wildman–Crippen LogP) is 4.36. The van der Waals surface area contributed by atoms with E-state index in [4.69, 9.17) is 16.3 Å². The Morgan fingerprint density at radius 2 is 1.76 bits per heavy atom. The van der Waals surface area contributed by atoms with Gasteiger partial charge in [-0.3, -0.25) is 4.79 Å². The average molecular weight is 304 g/mol. The van der Waals surface area contributed by atoms with Crippen molar-refractivity contribution in [1.29, 1.82) is 0 Å². The van der Waals surface area contributed by atoms with Crippen molar-refractivity contribution in [2.45, 2.75) is 26.9 Å². The van der Waals surface area contributed by atoms with E-state index in [-0.39, 0.29) is 5.91 Å². The molecule has 0 heterocycles. The molecule has 2 rings (SSSR count). The summed E-state index contributed by atoms with van der Waals surface area (Å²) < 4.78 is 5.67. The van der Waals surface area contributed by atoms with Crippen LogP contribution in [0.15, 0.2) is 42.5 Å². The van der Waals surface area contributed by atoms with Crippen LogP contribution in [0.5, 0.6) is 5.75 Å². The molecule has 0 fully saturated rings. The first-order valence-electron chi connectivity index (χ1n) is 6.76. The van der Waals surface area contributed by atoms with Gasteiger partial charge in [-0.1, -0.05) is 17.7 Å². The zero-order valence-electron chi connectivity index (χ0n) is 12.3. The van der Waals surface area contributed by atoms with E-state index in [9.17, 15) is 4.79 Å². The molecule has 0 spiro atoms. The van der Waals surface area contributed by atoms with Crippen LogP contribution in [0.25, 0.3) is 0 Å². The lowest BCUT2D eigenvalue weighted by Gasteiger charge is -2.15. The Bertz CT molecular complexity index is 638. The molecule has 0 aliphatic carbocycles. The Kier molecular flexibility index (Phi) is 4.86. The van der Waals surface area contributed by atoms with Gasteiger partial charge in [-0.2, -0.15) is 0 Å². The average Bonchev–Trinajstić information content (AvgIpc) is 2.45. The van der Waals surface area contributed by atoms with Gasteiger partial charge in [0.15, 0.2) is 6.10 Å². The first-order chi connectivity index (χ1) is 9.95. The highest BCUT2D eigenvalue weighted by molar-refractivity contribution is 6.30. The summed E-state index contributed by atoms with van der Waals surface area (Å²) in [4.78, 5) is 12.1. The van der Waals surface area contributed by atoms with Crippen molar-refractivity contribution in [3.8, 4) is 5.75 Å². The molecule has 110 valence electrons. The van der Waals surface area contributed by atoms with E-state index in [0.717, 1.165) is 5.56 Å². The lowest BCUT2D eigenvalue weighted by molar-refractivity contribution is -0.122. The van der Waals surface area contributed by atoms with E-state index in [0.29, 0.717) is 16.5 Å². The van der Waals surface area contributed by atoms with E-state index in [2.05, 4.69) is 5.32 Å². The van der Waals surface area contributed by atoms with Gasteiger partial charge >= 0.3 is 0 Å². The van der Waals surface area contributed by atoms with Crippen LogP contribution in [0.4, 0.5) is 5.69 Å². The van der Waals surface area contributed by atoms with Gasteiger partial charge < -0.3 is 10.1 Å². The van der Waals surface area contributed by atoms with Crippen molar-refractivity contribution in [2.24, 2.45) is 0 Å². The Hall–Kier alpha value is -2.00. The molecule has 0 bridgehead atoms. The van der Waals surface area contributed by atoms with Crippen LogP contribution in [0.2, 0.25) is 5.02 Å². The zero-order valence-corrected chi connectivity index (χ0v) is 13.1. The Morgan fingerprint density at radius 1 is 1.10 bits per heavy atom. The second-order valence-electron chi connectivity index (χ2n) is 5.00. The highest BCUT2D eigenvalue weighted by Gasteiger charge is 2.15. The minimum absolute atomic E-state index is 0.199. The summed E-state index contributed by atoms with van der Waals surface area (Å²) in [6.45, 7) is 5.77. The fourth-order valence-electron chi connectivity index (χ4n) is 1.82. The number of benzene rings is 2. The molecule has 1 N–H and O–H groups in total. The van der Waals surface area contributed by atoms with E-state index >= 15 is 0 Å². The van der Waals surface area contributed by atoms with Crippen LogP contribution in [0.1, 0.15) is 18.1 Å². The summed E-state index contributed by atoms with van der Waals surface area (Å²) in [5, 5.41) is 3.42. The van der Waals surface area contributed by atoms with Crippen molar-refractivity contribution >= 4 is 23.2 Å². The number of amides is 1. The van der Waals surface area contributed by atoms with Gasteiger partial charge in [0.1, 0.15) is 5.75 Å². The fourth-order valence-corrected chi connectivity index (χ4v) is 1.95. The van der Waals surface area contributed by atoms with Crippen molar-refractivity contribution in [2.75, 3.05) is 5.32 Å². The molecule has 0 radical (unpaired) electrons. The quantitative estimate of drug-likeness (QED) is 0.911. The molecule has 0 aliphatic heterocycles. The monoisotopic (exact) mass is 303 g/mol. The second kappa shape index (κ2) is 6.64. The molecule has 4 heteroatoms. The van der Waals surface area contributed by atoms with E-state index < -0.39 is 6.10 Å². The maximum atomic E-state index is 12.1. The molecular weight excluding hydrogens is 286 g/mol. The van der Waals surface area contributed by atoms with E-state index in [1.807, 2.05) is 32.0 Å². The van der Waals surface area contributed by atoms with Crippen LogP contribution in [0, 0.1) is 13.8 Å². The standard InChI is InChI=1S/C17H18ClNO2/c1-11-4-9-16(10-12(11)2)21-13(3)17(20)19-15-7-5-14(18)6-8-15/h4-10,13H,1-3H3,(H,19,20)/t13-/m0/s1. The molecule has 21 heavy (non-hydrogen) atoms. The van der Waals surface area contributed by atoms with Crippen molar-refractivity contribution in [1.82, 2.24) is 0 Å². The smallest absolute Gasteiger partial charge is 0.265 e. The second-order valence-corrected chi connectivity index (χ2v) is 5.44. The summed E-state index contributed by atoms with van der Waals surface area (Å²) in [6, 6.07) is 12.7. The molecule has 0 aromatic heterocycles. The van der Waals surface area contributed by atoms with E-state index in [1.165, 1.54) is 5.56 Å². The molecule has 1 atom stereocenters. The number of hydrogen-bond donors (Lipinski definition) is 1. The molecule has 2 aromatic rings. The zero-order chi connectivity index (χ0) is 15.4. The Labute approximate surface area is 129 Å². The molecule has 0 aliphatic rings. The minimum Gasteiger partial charge on any atom is -0.481 e. The first kappa shape index (κ1) is 15.4. The predicted molar refractivity (Wildman–Crippen MR) is 86.1 cm³/mol. The maximum Gasteiger partial charge on any atom is 0.265 e. The summed E-state index contributed by atoms with van der Waals surface area (Å²) in [5.41, 5.74) is 3.03. The third kappa shape index (κ3) is 4.23. The van der Waals surface area contributed by atoms with Crippen molar-refractivity contribution in [3.05, 3.63) is 58.6 Å². The molecule has 1 amide bonds.